The summed E-state index contributed by atoms with van der Waals surface area (Å²) in [6.07, 6.45) is 3.51. The minimum atomic E-state index is -0.252. The number of carbonyl (C=O) groups excluding carboxylic acids is 1. The molecule has 1 aliphatic heterocycles. The number of hydrogen-bond acceptors (Lipinski definition) is 4. The molecular formula is C23H32FIN6O. The molecule has 0 radical (unpaired) electrons. The topological polar surface area (TPSA) is 95.6 Å². The quantitative estimate of drug-likeness (QED) is 0.278. The van der Waals surface area contributed by atoms with Crippen LogP contribution in [0.15, 0.2) is 41.5 Å². The van der Waals surface area contributed by atoms with E-state index in [0.29, 0.717) is 31.2 Å². The lowest BCUT2D eigenvalue weighted by atomic mass is 9.97. The van der Waals surface area contributed by atoms with Crippen LogP contribution < -0.4 is 21.3 Å². The van der Waals surface area contributed by atoms with Gasteiger partial charge in [-0.05, 0) is 49.9 Å². The Labute approximate surface area is 206 Å². The molecule has 1 unspecified atom stereocenters. The van der Waals surface area contributed by atoms with Crippen LogP contribution in [0.3, 0.4) is 0 Å². The van der Waals surface area contributed by atoms with Gasteiger partial charge in [-0.3, -0.25) is 4.79 Å². The number of nitrogens with one attached hydrogen (secondary N) is 2. The van der Waals surface area contributed by atoms with Crippen LogP contribution in [0.25, 0.3) is 0 Å². The first-order valence-corrected chi connectivity index (χ1v) is 10.7. The molecule has 3 rings (SSSR count). The summed E-state index contributed by atoms with van der Waals surface area (Å²) in [5, 5.41) is 6.59. The van der Waals surface area contributed by atoms with Crippen LogP contribution in [0.2, 0.25) is 0 Å². The second kappa shape index (κ2) is 12.6. The number of piperidine rings is 1. The molecule has 1 aromatic carbocycles. The Balaban J connectivity index is 0.00000363. The maximum Gasteiger partial charge on any atom is 0.222 e. The monoisotopic (exact) mass is 554 g/mol. The van der Waals surface area contributed by atoms with Crippen LogP contribution in [0.4, 0.5) is 10.2 Å². The highest BCUT2D eigenvalue weighted by Crippen LogP contribution is 2.24. The molecule has 0 saturated carbocycles. The SMILES string of the molecule is CCNC(=NCc1ccc(F)c(C)c1)NCc1cccnc1N1CCCC(C(N)=O)C1.I. The van der Waals surface area contributed by atoms with Gasteiger partial charge in [0.05, 0.1) is 12.5 Å². The van der Waals surface area contributed by atoms with E-state index in [1.54, 1.807) is 19.2 Å². The second-order valence-electron chi connectivity index (χ2n) is 7.81. The van der Waals surface area contributed by atoms with Gasteiger partial charge in [-0.2, -0.15) is 0 Å². The molecule has 1 atom stereocenters. The Morgan fingerprint density at radius 3 is 2.88 bits per heavy atom. The Morgan fingerprint density at radius 2 is 2.16 bits per heavy atom. The summed E-state index contributed by atoms with van der Waals surface area (Å²) in [4.78, 5) is 23.0. The molecule has 0 spiro atoms. The number of rotatable bonds is 7. The zero-order valence-corrected chi connectivity index (χ0v) is 20.9. The molecule has 174 valence electrons. The number of amides is 1. The van der Waals surface area contributed by atoms with Gasteiger partial charge in [0, 0.05) is 37.9 Å². The lowest BCUT2D eigenvalue weighted by Gasteiger charge is -2.33. The third-order valence-electron chi connectivity index (χ3n) is 5.42. The van der Waals surface area contributed by atoms with E-state index in [1.807, 2.05) is 25.1 Å². The van der Waals surface area contributed by atoms with Gasteiger partial charge in [-0.1, -0.05) is 18.2 Å². The molecule has 2 heterocycles. The third-order valence-corrected chi connectivity index (χ3v) is 5.42. The minimum absolute atomic E-state index is 0. The number of nitrogens with zero attached hydrogens (tertiary/aromatic N) is 3. The number of aromatic nitrogens is 1. The summed E-state index contributed by atoms with van der Waals surface area (Å²) in [6.45, 7) is 6.91. The summed E-state index contributed by atoms with van der Waals surface area (Å²) < 4.78 is 13.5. The summed E-state index contributed by atoms with van der Waals surface area (Å²) in [7, 11) is 0. The number of aliphatic imine (C=N–C) groups is 1. The van der Waals surface area contributed by atoms with Crippen LogP contribution in [0, 0.1) is 18.7 Å². The van der Waals surface area contributed by atoms with Crippen LogP contribution >= 0.6 is 24.0 Å². The molecule has 0 bridgehead atoms. The summed E-state index contributed by atoms with van der Waals surface area (Å²) in [5.41, 5.74) is 8.12. The van der Waals surface area contributed by atoms with Crippen LogP contribution in [-0.4, -0.2) is 36.5 Å². The minimum Gasteiger partial charge on any atom is -0.369 e. The third kappa shape index (κ3) is 7.04. The number of primary amides is 1. The Morgan fingerprint density at radius 1 is 1.34 bits per heavy atom. The predicted molar refractivity (Wildman–Crippen MR) is 137 cm³/mol. The number of halogens is 2. The Bertz CT molecular complexity index is 938. The first kappa shape index (κ1) is 25.8. The molecule has 1 saturated heterocycles. The number of benzene rings is 1. The lowest BCUT2D eigenvalue weighted by Crippen LogP contribution is -2.42. The van der Waals surface area contributed by atoms with Gasteiger partial charge in [-0.25, -0.2) is 14.4 Å². The van der Waals surface area contributed by atoms with E-state index in [4.69, 9.17) is 5.73 Å². The van der Waals surface area contributed by atoms with Crippen molar-refractivity contribution >= 4 is 41.7 Å². The molecule has 9 heteroatoms. The largest absolute Gasteiger partial charge is 0.369 e. The fraction of sp³-hybridized carbons (Fsp3) is 0.435. The number of pyridine rings is 1. The average Bonchev–Trinajstić information content (AvgIpc) is 2.78. The molecule has 32 heavy (non-hydrogen) atoms. The van der Waals surface area contributed by atoms with Gasteiger partial charge < -0.3 is 21.3 Å². The van der Waals surface area contributed by atoms with E-state index >= 15 is 0 Å². The molecule has 7 nitrogen and oxygen atoms in total. The van der Waals surface area contributed by atoms with Gasteiger partial charge in [-0.15, -0.1) is 24.0 Å². The highest BCUT2D eigenvalue weighted by molar-refractivity contribution is 14.0. The van der Waals surface area contributed by atoms with Crippen molar-refractivity contribution < 1.29 is 9.18 Å². The van der Waals surface area contributed by atoms with Crippen molar-refractivity contribution in [3.63, 3.8) is 0 Å². The van der Waals surface area contributed by atoms with Crippen molar-refractivity contribution in [3.8, 4) is 0 Å². The fourth-order valence-electron chi connectivity index (χ4n) is 3.75. The Hall–Kier alpha value is -2.43. The van der Waals surface area contributed by atoms with Crippen LogP contribution in [-0.2, 0) is 17.9 Å². The van der Waals surface area contributed by atoms with Gasteiger partial charge >= 0.3 is 0 Å². The van der Waals surface area contributed by atoms with E-state index in [-0.39, 0.29) is 41.6 Å². The van der Waals surface area contributed by atoms with E-state index in [0.717, 1.165) is 42.9 Å². The van der Waals surface area contributed by atoms with E-state index in [2.05, 4.69) is 25.5 Å². The van der Waals surface area contributed by atoms with Crippen molar-refractivity contribution in [1.82, 2.24) is 15.6 Å². The van der Waals surface area contributed by atoms with Gasteiger partial charge in [0.15, 0.2) is 5.96 Å². The van der Waals surface area contributed by atoms with E-state index < -0.39 is 0 Å². The Kier molecular flexibility index (Phi) is 10.1. The molecule has 1 aromatic heterocycles. The number of anilines is 1. The molecule has 2 aromatic rings. The fourth-order valence-corrected chi connectivity index (χ4v) is 3.75. The van der Waals surface area contributed by atoms with Gasteiger partial charge in [0.2, 0.25) is 5.91 Å². The molecule has 0 aliphatic carbocycles. The van der Waals surface area contributed by atoms with Crippen molar-refractivity contribution in [2.24, 2.45) is 16.6 Å². The highest BCUT2D eigenvalue weighted by atomic mass is 127. The highest BCUT2D eigenvalue weighted by Gasteiger charge is 2.25. The number of aryl methyl sites for hydroxylation is 1. The van der Waals surface area contributed by atoms with Crippen molar-refractivity contribution in [2.45, 2.75) is 39.8 Å². The van der Waals surface area contributed by atoms with Gasteiger partial charge in [0.25, 0.3) is 0 Å². The first-order valence-electron chi connectivity index (χ1n) is 10.7. The molecular weight excluding hydrogens is 522 g/mol. The van der Waals surface area contributed by atoms with E-state index in [1.165, 1.54) is 6.07 Å². The van der Waals surface area contributed by atoms with Crippen molar-refractivity contribution in [1.29, 1.82) is 0 Å². The zero-order valence-electron chi connectivity index (χ0n) is 18.6. The molecule has 1 fully saturated rings. The predicted octanol–water partition coefficient (Wildman–Crippen LogP) is 3.10. The summed E-state index contributed by atoms with van der Waals surface area (Å²) in [6, 6.07) is 8.96. The summed E-state index contributed by atoms with van der Waals surface area (Å²) >= 11 is 0. The maximum absolute atomic E-state index is 13.5. The standard InChI is InChI=1S/C23H31FN6O.HI/c1-3-26-23(28-13-17-8-9-20(24)16(2)12-17)29-14-18-6-4-10-27-22(18)30-11-5-7-19(15-30)21(25)31;/h4,6,8-10,12,19H,3,5,7,11,13-15H2,1-2H3,(H2,25,31)(H2,26,28,29);1H. The average molecular weight is 554 g/mol. The van der Waals surface area contributed by atoms with E-state index in [9.17, 15) is 9.18 Å². The zero-order chi connectivity index (χ0) is 22.2. The number of guanidine groups is 1. The van der Waals surface area contributed by atoms with Crippen LogP contribution in [0.1, 0.15) is 36.5 Å². The lowest BCUT2D eigenvalue weighted by molar-refractivity contribution is -0.122. The molecule has 1 amide bonds. The molecule has 4 N–H and O–H groups in total. The second-order valence-corrected chi connectivity index (χ2v) is 7.81. The molecule has 1 aliphatic rings. The number of nitrogens with two attached hydrogens (primary N) is 1. The first-order chi connectivity index (χ1) is 15.0. The van der Waals surface area contributed by atoms with Crippen LogP contribution in [0.5, 0.6) is 0 Å². The summed E-state index contributed by atoms with van der Waals surface area (Å²) in [5.74, 6) is 0.935. The van der Waals surface area contributed by atoms with Crippen molar-refractivity contribution in [2.75, 3.05) is 24.5 Å². The number of carbonyl (C=O) groups is 1. The normalized spacial score (nSPS) is 16.3. The van der Waals surface area contributed by atoms with Gasteiger partial charge in [0.1, 0.15) is 11.6 Å². The number of hydrogen-bond donors (Lipinski definition) is 3. The van der Waals surface area contributed by atoms with Crippen molar-refractivity contribution in [3.05, 3.63) is 59.0 Å². The smallest absolute Gasteiger partial charge is 0.222 e. The maximum atomic E-state index is 13.5.